The summed E-state index contributed by atoms with van der Waals surface area (Å²) < 4.78 is 10.4. The number of hydrogen-bond acceptors (Lipinski definition) is 4. The minimum absolute atomic E-state index is 0.0295. The molecule has 0 aromatic heterocycles. The first-order chi connectivity index (χ1) is 11.7. The maximum Gasteiger partial charge on any atom is 0.227 e. The average molecular weight is 348 g/mol. The molecule has 6 heteroatoms. The standard InChI is InChI=1S/C19H28N2O4/c1-19(2,3)18(23)21-8-6-13(7-9-21)17(22)20-14-10-15(24-4)12-16(11-14)25-5/h10-13H,6-9H2,1-5H3,(H,20,22). The van der Waals surface area contributed by atoms with E-state index in [1.807, 2.05) is 25.7 Å². The van der Waals surface area contributed by atoms with E-state index in [0.29, 0.717) is 43.1 Å². The molecular weight excluding hydrogens is 320 g/mol. The number of carbonyl (C=O) groups is 2. The van der Waals surface area contributed by atoms with Crippen molar-refractivity contribution in [2.45, 2.75) is 33.6 Å². The summed E-state index contributed by atoms with van der Waals surface area (Å²) in [5.74, 6) is 1.27. The van der Waals surface area contributed by atoms with Gasteiger partial charge in [0.05, 0.1) is 14.2 Å². The Balaban J connectivity index is 1.96. The molecule has 25 heavy (non-hydrogen) atoms. The van der Waals surface area contributed by atoms with E-state index in [9.17, 15) is 9.59 Å². The van der Waals surface area contributed by atoms with Gasteiger partial charge in [0.2, 0.25) is 11.8 Å². The molecule has 1 N–H and O–H groups in total. The molecule has 0 atom stereocenters. The Kier molecular flexibility index (Phi) is 5.93. The minimum Gasteiger partial charge on any atom is -0.497 e. The third-order valence-electron chi connectivity index (χ3n) is 4.41. The summed E-state index contributed by atoms with van der Waals surface area (Å²) in [4.78, 5) is 26.7. The van der Waals surface area contributed by atoms with Crippen LogP contribution in [0.25, 0.3) is 0 Å². The molecule has 6 nitrogen and oxygen atoms in total. The number of hydrogen-bond donors (Lipinski definition) is 1. The molecule has 0 saturated carbocycles. The first-order valence-corrected chi connectivity index (χ1v) is 8.58. The molecular formula is C19H28N2O4. The number of methoxy groups -OCH3 is 2. The van der Waals surface area contributed by atoms with Crippen LogP contribution in [0.15, 0.2) is 18.2 Å². The molecule has 2 rings (SSSR count). The summed E-state index contributed by atoms with van der Waals surface area (Å²) in [5, 5.41) is 2.93. The number of rotatable bonds is 4. The smallest absolute Gasteiger partial charge is 0.227 e. The molecule has 1 saturated heterocycles. The molecule has 138 valence electrons. The molecule has 0 bridgehead atoms. The highest BCUT2D eigenvalue weighted by Gasteiger charge is 2.32. The third-order valence-corrected chi connectivity index (χ3v) is 4.41. The van der Waals surface area contributed by atoms with Crippen molar-refractivity contribution >= 4 is 17.5 Å². The highest BCUT2D eigenvalue weighted by atomic mass is 16.5. The monoisotopic (exact) mass is 348 g/mol. The van der Waals surface area contributed by atoms with Crippen molar-refractivity contribution in [3.8, 4) is 11.5 Å². The molecule has 0 aliphatic carbocycles. The van der Waals surface area contributed by atoms with Crippen molar-refractivity contribution in [2.75, 3.05) is 32.6 Å². The van der Waals surface area contributed by atoms with E-state index in [2.05, 4.69) is 5.32 Å². The van der Waals surface area contributed by atoms with E-state index in [-0.39, 0.29) is 23.1 Å². The summed E-state index contributed by atoms with van der Waals surface area (Å²) >= 11 is 0. The molecule has 1 aromatic rings. The van der Waals surface area contributed by atoms with E-state index in [0.717, 1.165) is 0 Å². The first kappa shape index (κ1) is 19.1. The normalized spacial score (nSPS) is 15.6. The second-order valence-corrected chi connectivity index (χ2v) is 7.41. The van der Waals surface area contributed by atoms with Gasteiger partial charge >= 0.3 is 0 Å². The van der Waals surface area contributed by atoms with Crippen LogP contribution in [0, 0.1) is 11.3 Å². The average Bonchev–Trinajstić information content (AvgIpc) is 2.59. The predicted octanol–water partition coefficient (Wildman–Crippen LogP) is 2.93. The number of carbonyl (C=O) groups excluding carboxylic acids is 2. The van der Waals surface area contributed by atoms with Gasteiger partial charge in [-0.2, -0.15) is 0 Å². The van der Waals surface area contributed by atoms with Crippen molar-refractivity contribution in [1.29, 1.82) is 0 Å². The quantitative estimate of drug-likeness (QED) is 0.908. The van der Waals surface area contributed by atoms with Crippen molar-refractivity contribution < 1.29 is 19.1 Å². The van der Waals surface area contributed by atoms with Gasteiger partial charge in [-0.15, -0.1) is 0 Å². The largest absolute Gasteiger partial charge is 0.497 e. The fourth-order valence-corrected chi connectivity index (χ4v) is 2.94. The molecule has 2 amide bonds. The molecule has 1 aliphatic heterocycles. The first-order valence-electron chi connectivity index (χ1n) is 8.58. The van der Waals surface area contributed by atoms with Crippen LogP contribution in [0.4, 0.5) is 5.69 Å². The Morgan fingerprint density at radius 1 is 1.04 bits per heavy atom. The summed E-state index contributed by atoms with van der Waals surface area (Å²) in [6, 6.07) is 5.28. The van der Waals surface area contributed by atoms with Crippen LogP contribution in [-0.4, -0.2) is 44.0 Å². The molecule has 1 fully saturated rings. The number of benzene rings is 1. The van der Waals surface area contributed by atoms with Gasteiger partial charge in [0, 0.05) is 48.3 Å². The predicted molar refractivity (Wildman–Crippen MR) is 96.9 cm³/mol. The van der Waals surface area contributed by atoms with Gasteiger partial charge in [-0.25, -0.2) is 0 Å². The fourth-order valence-electron chi connectivity index (χ4n) is 2.94. The fraction of sp³-hybridized carbons (Fsp3) is 0.579. The number of amides is 2. The van der Waals surface area contributed by atoms with Crippen LogP contribution in [0.2, 0.25) is 0 Å². The van der Waals surface area contributed by atoms with Crippen LogP contribution in [0.1, 0.15) is 33.6 Å². The number of ether oxygens (including phenoxy) is 2. The topological polar surface area (TPSA) is 67.9 Å². The minimum atomic E-state index is -0.383. The van der Waals surface area contributed by atoms with Gasteiger partial charge in [-0.1, -0.05) is 20.8 Å². The van der Waals surface area contributed by atoms with Crippen LogP contribution in [0.5, 0.6) is 11.5 Å². The van der Waals surface area contributed by atoms with Gasteiger partial charge in [0.1, 0.15) is 11.5 Å². The lowest BCUT2D eigenvalue weighted by Crippen LogP contribution is -2.45. The summed E-state index contributed by atoms with van der Waals surface area (Å²) in [6.45, 7) is 7.00. The Hall–Kier alpha value is -2.24. The van der Waals surface area contributed by atoms with Crippen molar-refractivity contribution in [1.82, 2.24) is 4.90 Å². The Labute approximate surface area is 149 Å². The van der Waals surface area contributed by atoms with Gasteiger partial charge < -0.3 is 19.7 Å². The van der Waals surface area contributed by atoms with Gasteiger partial charge in [-0.3, -0.25) is 9.59 Å². The van der Waals surface area contributed by atoms with Crippen molar-refractivity contribution in [3.05, 3.63) is 18.2 Å². The molecule has 0 spiro atoms. The van der Waals surface area contributed by atoms with E-state index < -0.39 is 0 Å². The van der Waals surface area contributed by atoms with Crippen molar-refractivity contribution in [3.63, 3.8) is 0 Å². The van der Waals surface area contributed by atoms with E-state index >= 15 is 0 Å². The van der Waals surface area contributed by atoms with Gasteiger partial charge in [0.15, 0.2) is 0 Å². The van der Waals surface area contributed by atoms with Crippen LogP contribution < -0.4 is 14.8 Å². The summed E-state index contributed by atoms with van der Waals surface area (Å²) in [6.07, 6.45) is 1.35. The van der Waals surface area contributed by atoms with Gasteiger partial charge in [-0.05, 0) is 12.8 Å². The Bertz CT molecular complexity index is 607. The molecule has 0 radical (unpaired) electrons. The second-order valence-electron chi connectivity index (χ2n) is 7.41. The lowest BCUT2D eigenvalue weighted by Gasteiger charge is -2.35. The van der Waals surface area contributed by atoms with Crippen LogP contribution in [-0.2, 0) is 9.59 Å². The number of nitrogens with one attached hydrogen (secondary N) is 1. The summed E-state index contributed by atoms with van der Waals surface area (Å²) in [7, 11) is 3.14. The Morgan fingerprint density at radius 2 is 1.56 bits per heavy atom. The zero-order valence-electron chi connectivity index (χ0n) is 15.7. The Morgan fingerprint density at radius 3 is 2.00 bits per heavy atom. The van der Waals surface area contributed by atoms with E-state index in [1.54, 1.807) is 32.4 Å². The highest BCUT2D eigenvalue weighted by molar-refractivity contribution is 5.93. The molecule has 1 aliphatic rings. The number of likely N-dealkylation sites (tertiary alicyclic amines) is 1. The number of nitrogens with zero attached hydrogens (tertiary/aromatic N) is 1. The lowest BCUT2D eigenvalue weighted by atomic mass is 9.90. The van der Waals surface area contributed by atoms with Gasteiger partial charge in [0.25, 0.3) is 0 Å². The zero-order chi connectivity index (χ0) is 18.6. The zero-order valence-corrected chi connectivity index (χ0v) is 15.7. The highest BCUT2D eigenvalue weighted by Crippen LogP contribution is 2.28. The number of anilines is 1. The summed E-state index contributed by atoms with van der Waals surface area (Å²) in [5.41, 5.74) is 0.265. The van der Waals surface area contributed by atoms with E-state index in [4.69, 9.17) is 9.47 Å². The maximum absolute atomic E-state index is 12.5. The molecule has 1 heterocycles. The maximum atomic E-state index is 12.5. The number of piperidine rings is 1. The molecule has 1 aromatic carbocycles. The van der Waals surface area contributed by atoms with Crippen LogP contribution in [0.3, 0.4) is 0 Å². The van der Waals surface area contributed by atoms with Crippen LogP contribution >= 0.6 is 0 Å². The molecule has 0 unspecified atom stereocenters. The SMILES string of the molecule is COc1cc(NC(=O)C2CCN(C(=O)C(C)(C)C)CC2)cc(OC)c1. The van der Waals surface area contributed by atoms with E-state index in [1.165, 1.54) is 0 Å². The lowest BCUT2D eigenvalue weighted by molar-refractivity contribution is -0.142. The van der Waals surface area contributed by atoms with Crippen molar-refractivity contribution in [2.24, 2.45) is 11.3 Å². The second kappa shape index (κ2) is 7.76. The third kappa shape index (κ3) is 4.87.